The molecule has 0 bridgehead atoms. The van der Waals surface area contributed by atoms with E-state index in [2.05, 4.69) is 22.8 Å². The molecular weight excluding hydrogens is 272 g/mol. The second-order valence-electron chi connectivity index (χ2n) is 5.06. The second kappa shape index (κ2) is 5.25. The van der Waals surface area contributed by atoms with Gasteiger partial charge in [0.2, 0.25) is 11.8 Å². The fourth-order valence-corrected chi connectivity index (χ4v) is 3.47. The number of fused-ring (bicyclic) bond motifs is 1. The van der Waals surface area contributed by atoms with Crippen LogP contribution in [0.3, 0.4) is 0 Å². The molecule has 2 heterocycles. The van der Waals surface area contributed by atoms with Crippen molar-refractivity contribution in [3.8, 4) is 0 Å². The molecule has 104 valence electrons. The van der Waals surface area contributed by atoms with Gasteiger partial charge < -0.3 is 10.2 Å². The van der Waals surface area contributed by atoms with Crippen LogP contribution in [0.25, 0.3) is 10.1 Å². The van der Waals surface area contributed by atoms with Gasteiger partial charge in [-0.2, -0.15) is 0 Å². The Morgan fingerprint density at radius 1 is 1.35 bits per heavy atom. The van der Waals surface area contributed by atoms with Crippen molar-refractivity contribution in [1.29, 1.82) is 0 Å². The summed E-state index contributed by atoms with van der Waals surface area (Å²) in [6, 6.07) is 7.76. The number of benzene rings is 1. The fourth-order valence-electron chi connectivity index (χ4n) is 2.51. The van der Waals surface area contributed by atoms with Gasteiger partial charge in [-0.1, -0.05) is 18.2 Å². The van der Waals surface area contributed by atoms with Crippen LogP contribution >= 0.6 is 11.3 Å². The van der Waals surface area contributed by atoms with Crippen LogP contribution in [0, 0.1) is 0 Å². The van der Waals surface area contributed by atoms with Crippen LogP contribution in [-0.2, 0) is 16.1 Å². The van der Waals surface area contributed by atoms with Crippen molar-refractivity contribution in [3.63, 3.8) is 0 Å². The Kier molecular flexibility index (Phi) is 3.44. The fraction of sp³-hybridized carbons (Fsp3) is 0.333. The third-order valence-electron chi connectivity index (χ3n) is 3.59. The molecule has 1 aromatic carbocycles. The zero-order chi connectivity index (χ0) is 14.1. The van der Waals surface area contributed by atoms with Crippen LogP contribution in [0.5, 0.6) is 0 Å². The molecule has 0 saturated carbocycles. The number of hydrogen-bond donors (Lipinski definition) is 1. The van der Waals surface area contributed by atoms with Crippen molar-refractivity contribution in [1.82, 2.24) is 10.2 Å². The second-order valence-corrected chi connectivity index (χ2v) is 5.97. The van der Waals surface area contributed by atoms with Crippen molar-refractivity contribution >= 4 is 33.2 Å². The molecule has 1 saturated heterocycles. The minimum absolute atomic E-state index is 0.00821. The lowest BCUT2D eigenvalue weighted by Gasteiger charge is -2.22. The van der Waals surface area contributed by atoms with E-state index in [1.54, 1.807) is 23.2 Å². The first-order chi connectivity index (χ1) is 9.65. The lowest BCUT2D eigenvalue weighted by Crippen LogP contribution is -2.42. The molecular formula is C15H16N2O2S. The van der Waals surface area contributed by atoms with Gasteiger partial charge in [-0.05, 0) is 29.3 Å². The summed E-state index contributed by atoms with van der Waals surface area (Å²) in [6.07, 6.45) is 0.373. The number of amides is 2. The topological polar surface area (TPSA) is 49.4 Å². The van der Waals surface area contributed by atoms with Crippen molar-refractivity contribution in [2.45, 2.75) is 25.9 Å². The number of rotatable bonds is 2. The minimum Gasteiger partial charge on any atom is -0.345 e. The number of carbonyl (C=O) groups is 2. The Bertz CT molecular complexity index is 665. The van der Waals surface area contributed by atoms with Gasteiger partial charge in [0.25, 0.3) is 0 Å². The molecule has 3 rings (SSSR count). The van der Waals surface area contributed by atoms with Crippen molar-refractivity contribution < 1.29 is 9.59 Å². The van der Waals surface area contributed by atoms with Gasteiger partial charge >= 0.3 is 0 Å². The monoisotopic (exact) mass is 288 g/mol. The van der Waals surface area contributed by atoms with E-state index in [9.17, 15) is 9.59 Å². The standard InChI is InChI=1S/C15H16N2O2S/c1-10-15(19)17(7-6-14(18)16-10)8-11-9-20-13-5-3-2-4-12(11)13/h2-5,9-10H,6-8H2,1H3,(H,16,18). The highest BCUT2D eigenvalue weighted by Gasteiger charge is 2.26. The predicted molar refractivity (Wildman–Crippen MR) is 79.5 cm³/mol. The van der Waals surface area contributed by atoms with Gasteiger partial charge in [0.15, 0.2) is 0 Å². The molecule has 1 aliphatic heterocycles. The predicted octanol–water partition coefficient (Wildman–Crippen LogP) is 2.14. The third kappa shape index (κ3) is 2.41. The van der Waals surface area contributed by atoms with Gasteiger partial charge in [0, 0.05) is 24.2 Å². The average molecular weight is 288 g/mol. The minimum atomic E-state index is -0.435. The molecule has 1 unspecified atom stereocenters. The summed E-state index contributed by atoms with van der Waals surface area (Å²) in [5.74, 6) is -0.0605. The quantitative estimate of drug-likeness (QED) is 0.920. The highest BCUT2D eigenvalue weighted by Crippen LogP contribution is 2.27. The molecule has 4 nitrogen and oxygen atoms in total. The lowest BCUT2D eigenvalue weighted by molar-refractivity contribution is -0.133. The van der Waals surface area contributed by atoms with Crippen LogP contribution in [0.1, 0.15) is 18.9 Å². The SMILES string of the molecule is CC1NC(=O)CCN(Cc2csc3ccccc23)C1=O. The maximum absolute atomic E-state index is 12.3. The number of nitrogens with zero attached hydrogens (tertiary/aromatic N) is 1. The highest BCUT2D eigenvalue weighted by atomic mass is 32.1. The van der Waals surface area contributed by atoms with Gasteiger partial charge in [-0.25, -0.2) is 0 Å². The molecule has 0 aliphatic carbocycles. The summed E-state index contributed by atoms with van der Waals surface area (Å²) in [5.41, 5.74) is 1.15. The smallest absolute Gasteiger partial charge is 0.245 e. The van der Waals surface area contributed by atoms with E-state index >= 15 is 0 Å². The van der Waals surface area contributed by atoms with Gasteiger partial charge in [-0.15, -0.1) is 11.3 Å². The van der Waals surface area contributed by atoms with Crippen molar-refractivity contribution in [2.24, 2.45) is 0 Å². The maximum atomic E-state index is 12.3. The first-order valence-electron chi connectivity index (χ1n) is 6.68. The summed E-state index contributed by atoms with van der Waals surface area (Å²) in [7, 11) is 0. The molecule has 0 spiro atoms. The van der Waals surface area contributed by atoms with E-state index in [1.807, 2.05) is 12.1 Å². The number of carbonyl (C=O) groups excluding carboxylic acids is 2. The average Bonchev–Trinajstić information content (AvgIpc) is 2.80. The molecule has 1 N–H and O–H groups in total. The zero-order valence-electron chi connectivity index (χ0n) is 11.3. The molecule has 0 radical (unpaired) electrons. The molecule has 1 aromatic heterocycles. The number of hydrogen-bond acceptors (Lipinski definition) is 3. The van der Waals surface area contributed by atoms with Crippen molar-refractivity contribution in [2.75, 3.05) is 6.54 Å². The Morgan fingerprint density at radius 3 is 3.00 bits per heavy atom. The molecule has 5 heteroatoms. The van der Waals surface area contributed by atoms with E-state index in [1.165, 1.54) is 10.1 Å². The first kappa shape index (κ1) is 13.1. The van der Waals surface area contributed by atoms with E-state index in [-0.39, 0.29) is 11.8 Å². The van der Waals surface area contributed by atoms with E-state index in [4.69, 9.17) is 0 Å². The number of thiophene rings is 1. The summed E-state index contributed by atoms with van der Waals surface area (Å²) in [5, 5.41) is 6.01. The molecule has 2 amide bonds. The molecule has 1 aliphatic rings. The largest absolute Gasteiger partial charge is 0.345 e. The zero-order valence-corrected chi connectivity index (χ0v) is 12.1. The third-order valence-corrected chi connectivity index (χ3v) is 4.60. The molecule has 20 heavy (non-hydrogen) atoms. The Balaban J connectivity index is 1.86. The van der Waals surface area contributed by atoms with E-state index in [0.717, 1.165) is 5.56 Å². The van der Waals surface area contributed by atoms with Crippen LogP contribution in [-0.4, -0.2) is 29.3 Å². The Labute approximate surface area is 121 Å². The summed E-state index contributed by atoms with van der Waals surface area (Å²) in [4.78, 5) is 25.6. The highest BCUT2D eigenvalue weighted by molar-refractivity contribution is 7.17. The summed E-state index contributed by atoms with van der Waals surface area (Å²) in [6.45, 7) is 2.80. The summed E-state index contributed by atoms with van der Waals surface area (Å²) >= 11 is 1.69. The van der Waals surface area contributed by atoms with Crippen LogP contribution in [0.4, 0.5) is 0 Å². The molecule has 2 aromatic rings. The molecule has 1 fully saturated rings. The lowest BCUT2D eigenvalue weighted by atomic mass is 10.1. The van der Waals surface area contributed by atoms with E-state index in [0.29, 0.717) is 19.5 Å². The van der Waals surface area contributed by atoms with Gasteiger partial charge in [-0.3, -0.25) is 9.59 Å². The number of nitrogens with one attached hydrogen (secondary N) is 1. The van der Waals surface area contributed by atoms with Crippen molar-refractivity contribution in [3.05, 3.63) is 35.2 Å². The normalized spacial score (nSPS) is 20.1. The summed E-state index contributed by atoms with van der Waals surface area (Å²) < 4.78 is 1.23. The van der Waals surface area contributed by atoms with Crippen LogP contribution in [0.2, 0.25) is 0 Å². The van der Waals surface area contributed by atoms with Gasteiger partial charge in [0.05, 0.1) is 0 Å². The first-order valence-corrected chi connectivity index (χ1v) is 7.56. The van der Waals surface area contributed by atoms with E-state index < -0.39 is 6.04 Å². The maximum Gasteiger partial charge on any atom is 0.245 e. The van der Waals surface area contributed by atoms with Crippen LogP contribution in [0.15, 0.2) is 29.6 Å². The Hall–Kier alpha value is -1.88. The Morgan fingerprint density at radius 2 is 2.15 bits per heavy atom. The van der Waals surface area contributed by atoms with Crippen LogP contribution < -0.4 is 5.32 Å². The molecule has 1 atom stereocenters. The van der Waals surface area contributed by atoms with Gasteiger partial charge in [0.1, 0.15) is 6.04 Å².